The normalized spacial score (nSPS) is 22.0. The molecule has 1 saturated heterocycles. The van der Waals surface area contributed by atoms with Crippen molar-refractivity contribution in [3.63, 3.8) is 0 Å². The lowest BCUT2D eigenvalue weighted by Gasteiger charge is -2.27. The van der Waals surface area contributed by atoms with Gasteiger partial charge in [0.1, 0.15) is 12.6 Å². The first kappa shape index (κ1) is 17.3. The van der Waals surface area contributed by atoms with Gasteiger partial charge in [0.05, 0.1) is 17.9 Å². The zero-order valence-electron chi connectivity index (χ0n) is 15.3. The summed E-state index contributed by atoms with van der Waals surface area (Å²) in [5.41, 5.74) is 3.78. The van der Waals surface area contributed by atoms with Crippen LogP contribution in [0.4, 0.5) is 10.5 Å². The lowest BCUT2D eigenvalue weighted by molar-refractivity contribution is -0.129. The van der Waals surface area contributed by atoms with E-state index in [4.69, 9.17) is 9.84 Å². The fraction of sp³-hybridized carbons (Fsp3) is 0.286. The number of carbonyl (C=O) groups is 2. The van der Waals surface area contributed by atoms with Crippen LogP contribution in [0.25, 0.3) is 0 Å². The number of nitrogens with zero attached hydrogens (tertiary/aromatic N) is 3. The summed E-state index contributed by atoms with van der Waals surface area (Å²) in [5.74, 6) is -0.451. The van der Waals surface area contributed by atoms with Gasteiger partial charge in [0.25, 0.3) is 5.91 Å². The molecule has 0 saturated carbocycles. The summed E-state index contributed by atoms with van der Waals surface area (Å²) < 4.78 is 4.96. The third kappa shape index (κ3) is 3.07. The fourth-order valence-corrected chi connectivity index (χ4v) is 3.63. The van der Waals surface area contributed by atoms with Crippen molar-refractivity contribution in [3.8, 4) is 0 Å². The largest absolute Gasteiger partial charge is 0.447 e. The van der Waals surface area contributed by atoms with Crippen LogP contribution in [-0.4, -0.2) is 41.8 Å². The zero-order valence-corrected chi connectivity index (χ0v) is 15.3. The van der Waals surface area contributed by atoms with Gasteiger partial charge in [0.2, 0.25) is 0 Å². The molecule has 138 valence electrons. The van der Waals surface area contributed by atoms with Crippen LogP contribution < -0.4 is 5.01 Å². The molecule has 0 radical (unpaired) electrons. The molecule has 2 aliphatic heterocycles. The first-order valence-corrected chi connectivity index (χ1v) is 9.04. The maximum atomic E-state index is 13.2. The highest BCUT2D eigenvalue weighted by Crippen LogP contribution is 2.32. The lowest BCUT2D eigenvalue weighted by atomic mass is 9.91. The van der Waals surface area contributed by atoms with Crippen molar-refractivity contribution in [2.45, 2.75) is 19.9 Å². The average Bonchev–Trinajstić information content (AvgIpc) is 3.25. The number of hydrogen-bond donors (Lipinski definition) is 0. The number of imide groups is 1. The predicted octanol–water partition coefficient (Wildman–Crippen LogP) is 3.20. The van der Waals surface area contributed by atoms with Crippen LogP contribution in [0.15, 0.2) is 59.7 Å². The van der Waals surface area contributed by atoms with Crippen molar-refractivity contribution in [2.75, 3.05) is 18.2 Å². The van der Waals surface area contributed by atoms with Crippen LogP contribution in [-0.2, 0) is 9.53 Å². The van der Waals surface area contributed by atoms with Crippen LogP contribution in [0.3, 0.4) is 0 Å². The fourth-order valence-electron chi connectivity index (χ4n) is 3.63. The molecule has 4 rings (SSSR count). The van der Waals surface area contributed by atoms with Crippen molar-refractivity contribution >= 4 is 23.4 Å². The molecule has 6 heteroatoms. The number of carbonyl (C=O) groups excluding carboxylic acids is 2. The minimum absolute atomic E-state index is 0.173. The van der Waals surface area contributed by atoms with E-state index < -0.39 is 12.1 Å². The molecular formula is C21H21N3O3. The van der Waals surface area contributed by atoms with Crippen LogP contribution >= 0.6 is 0 Å². The lowest BCUT2D eigenvalue weighted by Crippen LogP contribution is -2.48. The molecule has 2 aliphatic rings. The van der Waals surface area contributed by atoms with Gasteiger partial charge in [-0.1, -0.05) is 55.0 Å². The van der Waals surface area contributed by atoms with Crippen molar-refractivity contribution in [1.29, 1.82) is 0 Å². The van der Waals surface area contributed by atoms with E-state index in [0.29, 0.717) is 0 Å². The van der Waals surface area contributed by atoms with Gasteiger partial charge in [0.15, 0.2) is 0 Å². The number of anilines is 1. The third-order valence-electron chi connectivity index (χ3n) is 5.00. The van der Waals surface area contributed by atoms with Gasteiger partial charge in [-0.25, -0.2) is 9.69 Å². The zero-order chi connectivity index (χ0) is 19.0. The second-order valence-corrected chi connectivity index (χ2v) is 6.87. The smallest absolute Gasteiger partial charge is 0.416 e. The van der Waals surface area contributed by atoms with Crippen molar-refractivity contribution in [1.82, 2.24) is 4.90 Å². The van der Waals surface area contributed by atoms with Gasteiger partial charge in [0, 0.05) is 5.92 Å². The number of rotatable bonds is 3. The Balaban J connectivity index is 1.75. The molecule has 0 spiro atoms. The molecular weight excluding hydrogens is 342 g/mol. The maximum absolute atomic E-state index is 13.2. The topological polar surface area (TPSA) is 62.2 Å². The summed E-state index contributed by atoms with van der Waals surface area (Å²) in [5, 5.41) is 6.53. The highest BCUT2D eigenvalue weighted by molar-refractivity contribution is 6.10. The van der Waals surface area contributed by atoms with E-state index in [-0.39, 0.29) is 25.0 Å². The molecule has 0 bridgehead atoms. The molecule has 27 heavy (non-hydrogen) atoms. The van der Waals surface area contributed by atoms with Crippen LogP contribution in [0.2, 0.25) is 0 Å². The Morgan fingerprint density at radius 2 is 1.93 bits per heavy atom. The number of cyclic esters (lactones) is 1. The number of benzene rings is 2. The van der Waals surface area contributed by atoms with Crippen LogP contribution in [0, 0.1) is 12.8 Å². The Bertz CT molecular complexity index is 910. The molecule has 6 nitrogen and oxygen atoms in total. The van der Waals surface area contributed by atoms with Gasteiger partial charge in [-0.2, -0.15) is 5.10 Å². The second kappa shape index (κ2) is 6.87. The SMILES string of the molecule is Cc1cccc(C2=NN(c3ccccc3)[C@H](C(=O)N3CCOC3=O)[C@H]2C)c1. The Hall–Kier alpha value is -3.15. The molecule has 2 heterocycles. The van der Waals surface area contributed by atoms with Crippen molar-refractivity contribution in [2.24, 2.45) is 11.0 Å². The number of ether oxygens (including phenoxy) is 1. The molecule has 2 atom stereocenters. The van der Waals surface area contributed by atoms with E-state index in [0.717, 1.165) is 22.5 Å². The summed E-state index contributed by atoms with van der Waals surface area (Å²) in [6.45, 7) is 4.53. The van der Waals surface area contributed by atoms with Gasteiger partial charge in [-0.15, -0.1) is 0 Å². The summed E-state index contributed by atoms with van der Waals surface area (Å²) in [6.07, 6.45) is -0.579. The Morgan fingerprint density at radius 1 is 1.15 bits per heavy atom. The molecule has 0 aliphatic carbocycles. The molecule has 1 fully saturated rings. The quantitative estimate of drug-likeness (QED) is 0.840. The molecule has 0 N–H and O–H groups in total. The van der Waals surface area contributed by atoms with E-state index in [1.54, 1.807) is 5.01 Å². The van der Waals surface area contributed by atoms with E-state index >= 15 is 0 Å². The van der Waals surface area contributed by atoms with E-state index in [9.17, 15) is 9.59 Å². The summed E-state index contributed by atoms with van der Waals surface area (Å²) in [7, 11) is 0. The molecule has 0 aromatic heterocycles. The first-order valence-electron chi connectivity index (χ1n) is 9.04. The summed E-state index contributed by atoms with van der Waals surface area (Å²) in [4.78, 5) is 26.3. The van der Waals surface area contributed by atoms with E-state index in [1.165, 1.54) is 4.90 Å². The van der Waals surface area contributed by atoms with Crippen LogP contribution in [0.5, 0.6) is 0 Å². The number of amides is 2. The molecule has 2 aromatic carbocycles. The van der Waals surface area contributed by atoms with Gasteiger partial charge in [-0.05, 0) is 24.6 Å². The maximum Gasteiger partial charge on any atom is 0.416 e. The summed E-state index contributed by atoms with van der Waals surface area (Å²) in [6, 6.07) is 17.1. The first-order chi connectivity index (χ1) is 13.1. The van der Waals surface area contributed by atoms with E-state index in [1.807, 2.05) is 62.4 Å². The van der Waals surface area contributed by atoms with Crippen LogP contribution in [0.1, 0.15) is 18.1 Å². The minimum atomic E-state index is -0.589. The van der Waals surface area contributed by atoms with Crippen molar-refractivity contribution < 1.29 is 14.3 Å². The predicted molar refractivity (Wildman–Crippen MR) is 103 cm³/mol. The Kier molecular flexibility index (Phi) is 4.39. The number of aryl methyl sites for hydroxylation is 1. The third-order valence-corrected chi connectivity index (χ3v) is 5.00. The summed E-state index contributed by atoms with van der Waals surface area (Å²) >= 11 is 0. The number of hydrogen-bond acceptors (Lipinski definition) is 5. The number of hydrazone groups is 1. The molecule has 2 amide bonds. The van der Waals surface area contributed by atoms with E-state index in [2.05, 4.69) is 6.07 Å². The molecule has 2 aromatic rings. The van der Waals surface area contributed by atoms with Crippen molar-refractivity contribution in [3.05, 3.63) is 65.7 Å². The van der Waals surface area contributed by atoms with Gasteiger partial charge in [-0.3, -0.25) is 9.80 Å². The van der Waals surface area contributed by atoms with Gasteiger partial charge >= 0.3 is 6.09 Å². The Labute approximate surface area is 158 Å². The second-order valence-electron chi connectivity index (χ2n) is 6.87. The monoisotopic (exact) mass is 363 g/mol. The molecule has 0 unspecified atom stereocenters. The minimum Gasteiger partial charge on any atom is -0.447 e. The average molecular weight is 363 g/mol. The van der Waals surface area contributed by atoms with Gasteiger partial charge < -0.3 is 4.74 Å². The number of para-hydroxylation sites is 1. The highest BCUT2D eigenvalue weighted by atomic mass is 16.6. The standard InChI is InChI=1S/C21H21N3O3/c1-14-7-6-8-16(13-14)18-15(2)19(20(25)23-11-12-27-21(23)26)24(22-18)17-9-4-3-5-10-17/h3-10,13,15,19H,11-12H2,1-2H3/t15-,19-/m0/s1. The Morgan fingerprint density at radius 3 is 2.59 bits per heavy atom. The highest BCUT2D eigenvalue weighted by Gasteiger charge is 2.45.